The molecule has 176 valence electrons. The van der Waals surface area contributed by atoms with Crippen LogP contribution in [0.3, 0.4) is 0 Å². The van der Waals surface area contributed by atoms with E-state index >= 15 is 0 Å². The molecule has 6 rings (SSSR count). The third-order valence-electron chi connectivity index (χ3n) is 6.98. The number of rotatable bonds is 7. The summed E-state index contributed by atoms with van der Waals surface area (Å²) in [6.45, 7) is 5.88. The van der Waals surface area contributed by atoms with Crippen molar-refractivity contribution in [1.82, 2.24) is 19.6 Å². The van der Waals surface area contributed by atoms with Gasteiger partial charge in [-0.05, 0) is 42.2 Å². The lowest BCUT2D eigenvalue weighted by Gasteiger charge is -2.34. The summed E-state index contributed by atoms with van der Waals surface area (Å²) >= 11 is 0. The summed E-state index contributed by atoms with van der Waals surface area (Å²) in [6.07, 6.45) is 3.38. The topological polar surface area (TPSA) is 62.6 Å². The first-order chi connectivity index (χ1) is 16.7. The van der Waals surface area contributed by atoms with Crippen molar-refractivity contribution < 1.29 is 9.53 Å². The first-order valence-corrected chi connectivity index (χ1v) is 12.4. The fourth-order valence-corrected chi connectivity index (χ4v) is 4.92. The van der Waals surface area contributed by atoms with Crippen molar-refractivity contribution in [2.75, 3.05) is 44.6 Å². The molecule has 1 N–H and O–H groups in total. The van der Waals surface area contributed by atoms with Crippen molar-refractivity contribution in [2.24, 2.45) is 0 Å². The molecule has 0 radical (unpaired) electrons. The number of aromatic nitrogens is 2. The first-order valence-electron chi connectivity index (χ1n) is 12.4. The van der Waals surface area contributed by atoms with Gasteiger partial charge in [0.15, 0.2) is 0 Å². The summed E-state index contributed by atoms with van der Waals surface area (Å²) in [4.78, 5) is 17.6. The summed E-state index contributed by atoms with van der Waals surface area (Å²) in [5.74, 6) is 2.35. The molecule has 1 saturated carbocycles. The van der Waals surface area contributed by atoms with Gasteiger partial charge in [0.2, 0.25) is 5.91 Å². The molecule has 2 aromatic carbocycles. The van der Waals surface area contributed by atoms with E-state index in [0.717, 1.165) is 68.7 Å². The van der Waals surface area contributed by atoms with Gasteiger partial charge in [-0.25, -0.2) is 4.68 Å². The Hall–Kier alpha value is -3.16. The second kappa shape index (κ2) is 9.24. The number of benzene rings is 2. The number of hydrogen-bond acceptors (Lipinski definition) is 5. The normalized spacial score (nSPS) is 18.5. The van der Waals surface area contributed by atoms with Crippen LogP contribution < -0.4 is 10.1 Å². The predicted molar refractivity (Wildman–Crippen MR) is 132 cm³/mol. The van der Waals surface area contributed by atoms with Gasteiger partial charge in [0.05, 0.1) is 24.5 Å². The molecule has 0 bridgehead atoms. The third-order valence-corrected chi connectivity index (χ3v) is 6.98. The van der Waals surface area contributed by atoms with E-state index in [2.05, 4.69) is 33.3 Å². The largest absolute Gasteiger partial charge is 0.493 e. The summed E-state index contributed by atoms with van der Waals surface area (Å²) < 4.78 is 7.49. The molecule has 0 unspecified atom stereocenters. The molecule has 1 saturated heterocycles. The SMILES string of the molecule is O=C(CN1CCN(Cc2ccc3c(c2)CCO3)CC1)Nc1cc(C2CC2)nn1-c1ccccc1. The molecule has 34 heavy (non-hydrogen) atoms. The maximum absolute atomic E-state index is 12.9. The number of nitrogens with zero attached hydrogens (tertiary/aromatic N) is 4. The van der Waals surface area contributed by atoms with E-state index in [1.54, 1.807) is 0 Å². The quantitative estimate of drug-likeness (QED) is 0.589. The fraction of sp³-hybridized carbons (Fsp3) is 0.407. The molecule has 3 aromatic rings. The number of fused-ring (bicyclic) bond motifs is 1. The summed E-state index contributed by atoms with van der Waals surface area (Å²) in [5, 5.41) is 7.92. The van der Waals surface area contributed by atoms with E-state index in [0.29, 0.717) is 12.5 Å². The Labute approximate surface area is 200 Å². The number of piperazine rings is 1. The zero-order valence-corrected chi connectivity index (χ0v) is 19.4. The lowest BCUT2D eigenvalue weighted by atomic mass is 10.1. The van der Waals surface area contributed by atoms with Gasteiger partial charge in [-0.15, -0.1) is 0 Å². The number of hydrogen-bond donors (Lipinski definition) is 1. The van der Waals surface area contributed by atoms with Crippen LogP contribution in [0.15, 0.2) is 54.6 Å². The van der Waals surface area contributed by atoms with Gasteiger partial charge in [0.1, 0.15) is 11.6 Å². The molecule has 1 aromatic heterocycles. The van der Waals surface area contributed by atoms with E-state index in [1.807, 2.05) is 41.1 Å². The third kappa shape index (κ3) is 4.72. The van der Waals surface area contributed by atoms with Crippen LogP contribution in [0.25, 0.3) is 5.69 Å². The summed E-state index contributed by atoms with van der Waals surface area (Å²) in [5.41, 5.74) is 4.71. The highest BCUT2D eigenvalue weighted by atomic mass is 16.5. The molecule has 7 heteroatoms. The van der Waals surface area contributed by atoms with E-state index in [1.165, 1.54) is 24.0 Å². The average Bonchev–Trinajstić information content (AvgIpc) is 3.46. The molecule has 3 heterocycles. The smallest absolute Gasteiger partial charge is 0.239 e. The molecule has 2 aliphatic heterocycles. The van der Waals surface area contributed by atoms with Gasteiger partial charge in [0.25, 0.3) is 0 Å². The Morgan fingerprint density at radius 3 is 2.59 bits per heavy atom. The minimum absolute atomic E-state index is 0.0199. The maximum atomic E-state index is 12.9. The highest BCUT2D eigenvalue weighted by Crippen LogP contribution is 2.40. The molecular formula is C27H31N5O2. The average molecular weight is 458 g/mol. The number of para-hydroxylation sites is 1. The van der Waals surface area contributed by atoms with Crippen LogP contribution in [-0.4, -0.2) is 64.8 Å². The molecule has 1 aliphatic carbocycles. The number of carbonyl (C=O) groups excluding carboxylic acids is 1. The van der Waals surface area contributed by atoms with Crippen molar-refractivity contribution in [3.05, 3.63) is 71.4 Å². The van der Waals surface area contributed by atoms with Gasteiger partial charge in [-0.2, -0.15) is 5.10 Å². The second-order valence-corrected chi connectivity index (χ2v) is 9.62. The first kappa shape index (κ1) is 21.4. The molecule has 1 amide bonds. The van der Waals surface area contributed by atoms with Crippen LogP contribution in [0.2, 0.25) is 0 Å². The van der Waals surface area contributed by atoms with Gasteiger partial charge < -0.3 is 10.1 Å². The van der Waals surface area contributed by atoms with Crippen LogP contribution in [0.1, 0.15) is 35.6 Å². The second-order valence-electron chi connectivity index (χ2n) is 9.62. The number of carbonyl (C=O) groups is 1. The lowest BCUT2D eigenvalue weighted by molar-refractivity contribution is -0.117. The zero-order chi connectivity index (χ0) is 22.9. The van der Waals surface area contributed by atoms with Crippen LogP contribution >= 0.6 is 0 Å². The Kier molecular flexibility index (Phi) is 5.81. The monoisotopic (exact) mass is 457 g/mol. The van der Waals surface area contributed by atoms with E-state index in [4.69, 9.17) is 9.84 Å². The fourth-order valence-electron chi connectivity index (χ4n) is 4.92. The number of amides is 1. The summed E-state index contributed by atoms with van der Waals surface area (Å²) in [7, 11) is 0. The highest BCUT2D eigenvalue weighted by molar-refractivity contribution is 5.91. The van der Waals surface area contributed by atoms with Crippen molar-refractivity contribution in [2.45, 2.75) is 31.7 Å². The molecule has 3 aliphatic rings. The van der Waals surface area contributed by atoms with Crippen LogP contribution in [-0.2, 0) is 17.8 Å². The van der Waals surface area contributed by atoms with Crippen molar-refractivity contribution in [3.63, 3.8) is 0 Å². The molecule has 2 fully saturated rings. The lowest BCUT2D eigenvalue weighted by Crippen LogP contribution is -2.48. The highest BCUT2D eigenvalue weighted by Gasteiger charge is 2.28. The van der Waals surface area contributed by atoms with Crippen LogP contribution in [0.4, 0.5) is 5.82 Å². The van der Waals surface area contributed by atoms with Crippen molar-refractivity contribution in [3.8, 4) is 11.4 Å². The van der Waals surface area contributed by atoms with E-state index < -0.39 is 0 Å². The van der Waals surface area contributed by atoms with Crippen LogP contribution in [0, 0.1) is 0 Å². The van der Waals surface area contributed by atoms with Crippen molar-refractivity contribution in [1.29, 1.82) is 0 Å². The van der Waals surface area contributed by atoms with Gasteiger partial charge in [-0.3, -0.25) is 14.6 Å². The Morgan fingerprint density at radius 1 is 1.00 bits per heavy atom. The van der Waals surface area contributed by atoms with E-state index in [-0.39, 0.29) is 5.91 Å². The molecule has 0 atom stereocenters. The molecule has 7 nitrogen and oxygen atoms in total. The molecular weight excluding hydrogens is 426 g/mol. The van der Waals surface area contributed by atoms with Crippen LogP contribution in [0.5, 0.6) is 5.75 Å². The van der Waals surface area contributed by atoms with Gasteiger partial charge in [0, 0.05) is 51.1 Å². The van der Waals surface area contributed by atoms with E-state index in [9.17, 15) is 4.79 Å². The Balaban J connectivity index is 1.04. The Morgan fingerprint density at radius 2 is 1.79 bits per heavy atom. The number of anilines is 1. The van der Waals surface area contributed by atoms with Gasteiger partial charge >= 0.3 is 0 Å². The predicted octanol–water partition coefficient (Wildman–Crippen LogP) is 3.44. The van der Waals surface area contributed by atoms with Crippen molar-refractivity contribution >= 4 is 11.7 Å². The minimum atomic E-state index is 0.0199. The summed E-state index contributed by atoms with van der Waals surface area (Å²) in [6, 6.07) is 18.6. The Bertz CT molecular complexity index is 1160. The standard InChI is InChI=1S/C27H31N5O2/c33-27(28-26-17-24(21-7-8-21)29-32(26)23-4-2-1-3-5-23)19-31-13-11-30(12-14-31)18-20-6-9-25-22(16-20)10-15-34-25/h1-6,9,16-17,21H,7-8,10-15,18-19H2,(H,28,33). The number of nitrogens with one attached hydrogen (secondary N) is 1. The zero-order valence-electron chi connectivity index (χ0n) is 19.4. The maximum Gasteiger partial charge on any atom is 0.239 e. The molecule has 0 spiro atoms. The minimum Gasteiger partial charge on any atom is -0.493 e. The number of ether oxygens (including phenoxy) is 1. The van der Waals surface area contributed by atoms with Gasteiger partial charge in [-0.1, -0.05) is 30.3 Å².